The maximum Gasteiger partial charge on any atom is 0.264 e. The maximum atomic E-state index is 12.5. The molecule has 0 aromatic heterocycles. The number of hydrogen-bond donors (Lipinski definition) is 0. The van der Waals surface area contributed by atoms with Gasteiger partial charge >= 0.3 is 0 Å². The first-order valence-corrected chi connectivity index (χ1v) is 5.02. The van der Waals surface area contributed by atoms with Crippen molar-refractivity contribution < 1.29 is 13.6 Å². The van der Waals surface area contributed by atoms with Gasteiger partial charge in [0.15, 0.2) is 0 Å². The highest BCUT2D eigenvalue weighted by Crippen LogP contribution is 2.24. The number of alkyl halides is 2. The lowest BCUT2D eigenvalue weighted by Gasteiger charge is -2.08. The average Bonchev–Trinajstić information content (AvgIpc) is 2.25. The average molecular weight is 212 g/mol. The van der Waals surface area contributed by atoms with Crippen molar-refractivity contribution >= 4 is 6.29 Å². The number of aryl methyl sites for hydroxylation is 2. The molecule has 3 heteroatoms. The molecule has 0 bridgehead atoms. The predicted octanol–water partition coefficient (Wildman–Crippen LogP) is 3.32. The van der Waals surface area contributed by atoms with Crippen molar-refractivity contribution in [2.24, 2.45) is 0 Å². The van der Waals surface area contributed by atoms with Crippen molar-refractivity contribution in [1.82, 2.24) is 0 Å². The summed E-state index contributed by atoms with van der Waals surface area (Å²) in [6.45, 7) is 1.85. The number of halogens is 2. The van der Waals surface area contributed by atoms with Crippen LogP contribution >= 0.6 is 0 Å². The van der Waals surface area contributed by atoms with E-state index in [0.29, 0.717) is 24.8 Å². The molecule has 1 aromatic carbocycles. The van der Waals surface area contributed by atoms with Crippen LogP contribution < -0.4 is 0 Å². The summed E-state index contributed by atoms with van der Waals surface area (Å²) >= 11 is 0. The zero-order valence-electron chi connectivity index (χ0n) is 8.67. The molecule has 0 aliphatic heterocycles. The van der Waals surface area contributed by atoms with Crippen LogP contribution in [0.5, 0.6) is 0 Å². The molecule has 0 N–H and O–H groups in total. The Morgan fingerprint density at radius 3 is 2.67 bits per heavy atom. The summed E-state index contributed by atoms with van der Waals surface area (Å²) in [5, 5.41) is 0. The summed E-state index contributed by atoms with van der Waals surface area (Å²) < 4.78 is 25.1. The van der Waals surface area contributed by atoms with Crippen molar-refractivity contribution in [3.05, 3.63) is 34.9 Å². The van der Waals surface area contributed by atoms with Crippen LogP contribution in [0.15, 0.2) is 18.2 Å². The zero-order valence-corrected chi connectivity index (χ0v) is 8.67. The maximum absolute atomic E-state index is 12.5. The van der Waals surface area contributed by atoms with Crippen molar-refractivity contribution in [3.63, 3.8) is 0 Å². The third-order valence-corrected chi connectivity index (χ3v) is 2.37. The highest BCUT2D eigenvalue weighted by atomic mass is 19.3. The summed E-state index contributed by atoms with van der Waals surface area (Å²) in [6.07, 6.45) is 0.0819. The van der Waals surface area contributed by atoms with Gasteiger partial charge in [-0.15, -0.1) is 0 Å². The number of carbonyl (C=O) groups is 1. The number of hydrogen-bond acceptors (Lipinski definition) is 1. The Balaban J connectivity index is 2.91. The summed E-state index contributed by atoms with van der Waals surface area (Å²) in [5.74, 6) is 0. The van der Waals surface area contributed by atoms with Crippen LogP contribution in [0.1, 0.15) is 36.5 Å². The molecule has 0 saturated heterocycles. The van der Waals surface area contributed by atoms with E-state index in [4.69, 9.17) is 0 Å². The normalized spacial score (nSPS) is 10.7. The van der Waals surface area contributed by atoms with Crippen LogP contribution in [-0.4, -0.2) is 6.29 Å². The molecule has 0 spiro atoms. The Kier molecular flexibility index (Phi) is 4.40. The van der Waals surface area contributed by atoms with Gasteiger partial charge in [0.1, 0.15) is 6.29 Å². The summed E-state index contributed by atoms with van der Waals surface area (Å²) in [4.78, 5) is 10.2. The Bertz CT molecular complexity index is 334. The fourth-order valence-corrected chi connectivity index (χ4v) is 1.56. The highest BCUT2D eigenvalue weighted by Gasteiger charge is 2.11. The van der Waals surface area contributed by atoms with Gasteiger partial charge in [-0.3, -0.25) is 0 Å². The second kappa shape index (κ2) is 5.59. The van der Waals surface area contributed by atoms with Gasteiger partial charge in [0.2, 0.25) is 0 Å². The van der Waals surface area contributed by atoms with E-state index in [0.717, 1.165) is 11.8 Å². The third-order valence-electron chi connectivity index (χ3n) is 2.37. The van der Waals surface area contributed by atoms with E-state index in [1.165, 1.54) is 6.07 Å². The van der Waals surface area contributed by atoms with Crippen LogP contribution in [-0.2, 0) is 17.6 Å². The molecule has 0 atom stereocenters. The smallest absolute Gasteiger partial charge is 0.264 e. The van der Waals surface area contributed by atoms with Crippen LogP contribution in [0, 0.1) is 0 Å². The number of benzene rings is 1. The number of carbonyl (C=O) groups excluding carboxylic acids is 1. The fraction of sp³-hybridized carbons (Fsp3) is 0.417. The Morgan fingerprint density at radius 2 is 2.13 bits per heavy atom. The van der Waals surface area contributed by atoms with E-state index in [9.17, 15) is 13.6 Å². The summed E-state index contributed by atoms with van der Waals surface area (Å²) in [6, 6.07) is 4.90. The molecule has 1 aromatic rings. The second-order valence-electron chi connectivity index (χ2n) is 3.39. The third kappa shape index (κ3) is 3.11. The van der Waals surface area contributed by atoms with E-state index in [-0.39, 0.29) is 5.56 Å². The molecule has 0 fully saturated rings. The van der Waals surface area contributed by atoms with Gasteiger partial charge in [-0.1, -0.05) is 25.1 Å². The second-order valence-corrected chi connectivity index (χ2v) is 3.39. The molecule has 0 amide bonds. The monoisotopic (exact) mass is 212 g/mol. The first-order valence-electron chi connectivity index (χ1n) is 5.02. The largest absolute Gasteiger partial charge is 0.303 e. The van der Waals surface area contributed by atoms with Crippen LogP contribution in [0.3, 0.4) is 0 Å². The van der Waals surface area contributed by atoms with E-state index >= 15 is 0 Å². The Hall–Kier alpha value is -1.25. The molecular weight excluding hydrogens is 198 g/mol. The van der Waals surface area contributed by atoms with Gasteiger partial charge in [0.25, 0.3) is 6.43 Å². The van der Waals surface area contributed by atoms with Gasteiger partial charge in [-0.25, -0.2) is 8.78 Å². The minimum absolute atomic E-state index is 0.104. The van der Waals surface area contributed by atoms with E-state index in [1.54, 1.807) is 12.1 Å². The molecule has 0 aliphatic carbocycles. The molecular formula is C12H14F2O. The molecule has 1 rings (SSSR count). The van der Waals surface area contributed by atoms with E-state index < -0.39 is 6.43 Å². The van der Waals surface area contributed by atoms with Crippen molar-refractivity contribution in [1.29, 1.82) is 0 Å². The van der Waals surface area contributed by atoms with Crippen molar-refractivity contribution in [2.75, 3.05) is 0 Å². The van der Waals surface area contributed by atoms with Gasteiger partial charge in [-0.05, 0) is 24.0 Å². The van der Waals surface area contributed by atoms with Gasteiger partial charge in [0, 0.05) is 12.0 Å². The van der Waals surface area contributed by atoms with Crippen molar-refractivity contribution in [3.8, 4) is 0 Å². The standard InChI is InChI=1S/C12H14F2O/c1-2-10-8-9(4-3-7-15)5-6-11(10)12(13)14/h5-8,12H,2-4H2,1H3. The molecule has 82 valence electrons. The minimum atomic E-state index is -2.42. The molecule has 0 aliphatic rings. The zero-order chi connectivity index (χ0) is 11.3. The van der Waals surface area contributed by atoms with E-state index in [1.807, 2.05) is 6.92 Å². The number of aldehydes is 1. The Morgan fingerprint density at radius 1 is 1.40 bits per heavy atom. The van der Waals surface area contributed by atoms with Crippen LogP contribution in [0.2, 0.25) is 0 Å². The summed E-state index contributed by atoms with van der Waals surface area (Å²) in [7, 11) is 0. The predicted molar refractivity (Wildman–Crippen MR) is 55.2 cm³/mol. The minimum Gasteiger partial charge on any atom is -0.303 e. The Labute approximate surface area is 88.1 Å². The summed E-state index contributed by atoms with van der Waals surface area (Å²) in [5.41, 5.74) is 1.73. The fourth-order valence-electron chi connectivity index (χ4n) is 1.56. The molecule has 0 saturated carbocycles. The van der Waals surface area contributed by atoms with Crippen LogP contribution in [0.4, 0.5) is 8.78 Å². The molecule has 0 heterocycles. The molecule has 0 radical (unpaired) electrons. The quantitative estimate of drug-likeness (QED) is 0.684. The first kappa shape index (κ1) is 11.8. The lowest BCUT2D eigenvalue weighted by atomic mass is 10.00. The lowest BCUT2D eigenvalue weighted by molar-refractivity contribution is -0.107. The molecule has 15 heavy (non-hydrogen) atoms. The lowest BCUT2D eigenvalue weighted by Crippen LogP contribution is -1.96. The topological polar surface area (TPSA) is 17.1 Å². The van der Waals surface area contributed by atoms with Gasteiger partial charge in [0.05, 0.1) is 0 Å². The SMILES string of the molecule is CCc1cc(CCC=O)ccc1C(F)F. The number of rotatable bonds is 5. The van der Waals surface area contributed by atoms with E-state index in [2.05, 4.69) is 0 Å². The van der Waals surface area contributed by atoms with Crippen LogP contribution in [0.25, 0.3) is 0 Å². The highest BCUT2D eigenvalue weighted by molar-refractivity contribution is 5.50. The van der Waals surface area contributed by atoms with Gasteiger partial charge in [-0.2, -0.15) is 0 Å². The van der Waals surface area contributed by atoms with Crippen molar-refractivity contribution in [2.45, 2.75) is 32.6 Å². The molecule has 1 nitrogen and oxygen atoms in total. The first-order chi connectivity index (χ1) is 7.19. The van der Waals surface area contributed by atoms with Gasteiger partial charge < -0.3 is 4.79 Å². The molecule has 0 unspecified atom stereocenters.